The molecule has 9 N–H and O–H groups in total. The number of phenolic OH excluding ortho intramolecular Hbond substituents is 1. The molecule has 4 atom stereocenters. The van der Waals surface area contributed by atoms with Crippen molar-refractivity contribution in [3.63, 3.8) is 0 Å². The standard InChI is InChI=1S/C27H35N5O7S/c1-40-12-11-19(28)24(35)30-20(14-17-7-9-18(33)10-8-17)25(36)31-21(13-16-5-3-2-4-6-16)26(37)32-22(27(38)39)15-23(29)34/h2-10,19-22,33H,11-15,28H2,1H3,(H2,29,34)(H,30,35)(H,31,36)(H,32,37)(H,38,39). The minimum atomic E-state index is -1.60. The fraction of sp³-hybridized carbons (Fsp3) is 0.370. The monoisotopic (exact) mass is 573 g/mol. The molecule has 0 saturated heterocycles. The molecule has 0 aliphatic heterocycles. The number of carboxylic acids is 1. The predicted octanol–water partition coefficient (Wildman–Crippen LogP) is -0.328. The lowest BCUT2D eigenvalue weighted by Gasteiger charge is -2.25. The molecule has 2 aromatic carbocycles. The van der Waals surface area contributed by atoms with Crippen molar-refractivity contribution in [1.82, 2.24) is 16.0 Å². The second-order valence-corrected chi connectivity index (χ2v) is 10.1. The first-order chi connectivity index (χ1) is 19.0. The molecule has 40 heavy (non-hydrogen) atoms. The van der Waals surface area contributed by atoms with Gasteiger partial charge in [0.2, 0.25) is 23.6 Å². The molecule has 0 aliphatic carbocycles. The maximum absolute atomic E-state index is 13.5. The Morgan fingerprint density at radius 1 is 0.800 bits per heavy atom. The van der Waals surface area contributed by atoms with Gasteiger partial charge in [-0.25, -0.2) is 4.79 Å². The molecule has 0 heterocycles. The molecule has 0 aromatic heterocycles. The van der Waals surface area contributed by atoms with Gasteiger partial charge in [0.05, 0.1) is 12.5 Å². The summed E-state index contributed by atoms with van der Waals surface area (Å²) in [6.07, 6.45) is 1.64. The number of benzene rings is 2. The third kappa shape index (κ3) is 10.9. The van der Waals surface area contributed by atoms with E-state index in [-0.39, 0.29) is 18.6 Å². The highest BCUT2D eigenvalue weighted by molar-refractivity contribution is 7.98. The highest BCUT2D eigenvalue weighted by Gasteiger charge is 2.31. The van der Waals surface area contributed by atoms with Crippen molar-refractivity contribution in [2.75, 3.05) is 12.0 Å². The minimum absolute atomic E-state index is 0.00552. The second kappa shape index (κ2) is 16.1. The summed E-state index contributed by atoms with van der Waals surface area (Å²) in [5.74, 6) is -3.84. The van der Waals surface area contributed by atoms with E-state index in [4.69, 9.17) is 11.5 Å². The van der Waals surface area contributed by atoms with Crippen molar-refractivity contribution in [3.05, 3.63) is 65.7 Å². The molecule has 0 spiro atoms. The summed E-state index contributed by atoms with van der Waals surface area (Å²) < 4.78 is 0. The molecule has 0 bridgehead atoms. The van der Waals surface area contributed by atoms with Gasteiger partial charge in [0.25, 0.3) is 0 Å². The van der Waals surface area contributed by atoms with Gasteiger partial charge in [-0.2, -0.15) is 11.8 Å². The number of carbonyl (C=O) groups excluding carboxylic acids is 4. The van der Waals surface area contributed by atoms with Crippen LogP contribution in [-0.4, -0.2) is 76.0 Å². The Hall–Kier alpha value is -4.10. The number of carbonyl (C=O) groups is 5. The number of primary amides is 1. The first-order valence-corrected chi connectivity index (χ1v) is 13.9. The molecular formula is C27H35N5O7S. The Morgan fingerprint density at radius 3 is 1.80 bits per heavy atom. The van der Waals surface area contributed by atoms with Crippen LogP contribution in [0, 0.1) is 0 Å². The van der Waals surface area contributed by atoms with E-state index in [0.29, 0.717) is 23.3 Å². The Labute approximate surface area is 236 Å². The SMILES string of the molecule is CSCCC(N)C(=O)NC(Cc1ccc(O)cc1)C(=O)NC(Cc1ccccc1)C(=O)NC(CC(N)=O)C(=O)O. The van der Waals surface area contributed by atoms with Crippen molar-refractivity contribution in [2.24, 2.45) is 11.5 Å². The molecule has 216 valence electrons. The van der Waals surface area contributed by atoms with Crippen LogP contribution >= 0.6 is 11.8 Å². The van der Waals surface area contributed by atoms with E-state index in [2.05, 4.69) is 16.0 Å². The number of rotatable bonds is 16. The second-order valence-electron chi connectivity index (χ2n) is 9.14. The predicted molar refractivity (Wildman–Crippen MR) is 150 cm³/mol. The molecule has 0 saturated carbocycles. The molecule has 0 radical (unpaired) electrons. The summed E-state index contributed by atoms with van der Waals surface area (Å²) >= 11 is 1.52. The number of nitrogens with one attached hydrogen (secondary N) is 3. The van der Waals surface area contributed by atoms with Gasteiger partial charge < -0.3 is 37.6 Å². The Morgan fingerprint density at radius 2 is 1.30 bits per heavy atom. The third-order valence-electron chi connectivity index (χ3n) is 5.91. The number of amides is 4. The van der Waals surface area contributed by atoms with E-state index in [9.17, 15) is 34.2 Å². The molecule has 2 rings (SSSR count). The highest BCUT2D eigenvalue weighted by Crippen LogP contribution is 2.13. The van der Waals surface area contributed by atoms with Crippen LogP contribution < -0.4 is 27.4 Å². The first kappa shape index (κ1) is 32.1. The number of nitrogens with two attached hydrogens (primary N) is 2. The Bertz CT molecular complexity index is 1160. The lowest BCUT2D eigenvalue weighted by molar-refractivity contribution is -0.143. The van der Waals surface area contributed by atoms with E-state index in [0.717, 1.165) is 0 Å². The number of aliphatic carboxylic acids is 1. The zero-order valence-corrected chi connectivity index (χ0v) is 22.9. The number of thioether (sulfide) groups is 1. The average Bonchev–Trinajstić information content (AvgIpc) is 2.91. The third-order valence-corrected chi connectivity index (χ3v) is 6.56. The van der Waals surface area contributed by atoms with Gasteiger partial charge >= 0.3 is 5.97 Å². The molecule has 4 amide bonds. The maximum Gasteiger partial charge on any atom is 0.326 e. The van der Waals surface area contributed by atoms with Gasteiger partial charge in [0.15, 0.2) is 0 Å². The van der Waals surface area contributed by atoms with E-state index >= 15 is 0 Å². The summed E-state index contributed by atoms with van der Waals surface area (Å²) in [6.45, 7) is 0. The molecule has 13 heteroatoms. The van der Waals surface area contributed by atoms with Crippen molar-refractivity contribution in [3.8, 4) is 5.75 Å². The largest absolute Gasteiger partial charge is 0.508 e. The van der Waals surface area contributed by atoms with E-state index in [1.165, 1.54) is 23.9 Å². The molecule has 0 fully saturated rings. The lowest BCUT2D eigenvalue weighted by atomic mass is 10.0. The normalized spacial score (nSPS) is 13.8. The number of carboxylic acid groups (broad SMARTS) is 1. The average molecular weight is 574 g/mol. The van der Waals surface area contributed by atoms with Gasteiger partial charge in [-0.3, -0.25) is 19.2 Å². The van der Waals surface area contributed by atoms with Crippen LogP contribution in [0.2, 0.25) is 0 Å². The van der Waals surface area contributed by atoms with Crippen LogP contribution in [0.15, 0.2) is 54.6 Å². The lowest BCUT2D eigenvalue weighted by Crippen LogP contribution is -2.58. The zero-order valence-electron chi connectivity index (χ0n) is 22.0. The van der Waals surface area contributed by atoms with Gasteiger partial charge in [-0.15, -0.1) is 0 Å². The van der Waals surface area contributed by atoms with Crippen LogP contribution in [0.1, 0.15) is 24.0 Å². The van der Waals surface area contributed by atoms with Crippen LogP contribution in [-0.2, 0) is 36.8 Å². The summed E-state index contributed by atoms with van der Waals surface area (Å²) in [5, 5.41) is 26.5. The molecule has 2 aromatic rings. The van der Waals surface area contributed by atoms with Gasteiger partial charge in [0, 0.05) is 12.8 Å². The van der Waals surface area contributed by atoms with E-state index in [1.54, 1.807) is 42.5 Å². The van der Waals surface area contributed by atoms with Crippen molar-refractivity contribution in [2.45, 2.75) is 49.9 Å². The Balaban J connectivity index is 2.31. The summed E-state index contributed by atoms with van der Waals surface area (Å²) in [5.41, 5.74) is 12.4. The fourth-order valence-electron chi connectivity index (χ4n) is 3.74. The van der Waals surface area contributed by atoms with Crippen molar-refractivity contribution in [1.29, 1.82) is 0 Å². The number of hydrogen-bond acceptors (Lipinski definition) is 8. The van der Waals surface area contributed by atoms with E-state index < -0.39 is 60.2 Å². The molecule has 0 aliphatic rings. The van der Waals surface area contributed by atoms with E-state index in [1.807, 2.05) is 6.26 Å². The number of phenols is 1. The molecule has 4 unspecified atom stereocenters. The van der Waals surface area contributed by atoms with Gasteiger partial charge in [-0.05, 0) is 41.7 Å². The topological polar surface area (TPSA) is 214 Å². The smallest absolute Gasteiger partial charge is 0.326 e. The molecular weight excluding hydrogens is 538 g/mol. The van der Waals surface area contributed by atoms with Gasteiger partial charge in [-0.1, -0.05) is 42.5 Å². The number of aromatic hydroxyl groups is 1. The number of hydrogen-bond donors (Lipinski definition) is 7. The maximum atomic E-state index is 13.5. The Kier molecular flexibility index (Phi) is 12.9. The summed E-state index contributed by atoms with van der Waals surface area (Å²) in [6, 6.07) is 9.89. The van der Waals surface area contributed by atoms with Gasteiger partial charge in [0.1, 0.15) is 23.9 Å². The zero-order chi connectivity index (χ0) is 29.7. The van der Waals surface area contributed by atoms with Crippen molar-refractivity contribution < 1.29 is 34.2 Å². The van der Waals surface area contributed by atoms with Crippen LogP contribution in [0.25, 0.3) is 0 Å². The first-order valence-electron chi connectivity index (χ1n) is 12.5. The van der Waals surface area contributed by atoms with Crippen molar-refractivity contribution >= 4 is 41.4 Å². The van der Waals surface area contributed by atoms with Crippen LogP contribution in [0.5, 0.6) is 5.75 Å². The van der Waals surface area contributed by atoms with Crippen LogP contribution in [0.4, 0.5) is 0 Å². The quantitative estimate of drug-likeness (QED) is 0.140. The highest BCUT2D eigenvalue weighted by atomic mass is 32.2. The summed E-state index contributed by atoms with van der Waals surface area (Å²) in [7, 11) is 0. The summed E-state index contributed by atoms with van der Waals surface area (Å²) in [4.78, 5) is 62.3. The van der Waals surface area contributed by atoms with Crippen LogP contribution in [0.3, 0.4) is 0 Å². The molecule has 12 nitrogen and oxygen atoms in total. The fourth-order valence-corrected chi connectivity index (χ4v) is 4.23. The minimum Gasteiger partial charge on any atom is -0.508 e.